The van der Waals surface area contributed by atoms with Crippen LogP contribution < -0.4 is 15.8 Å². The minimum absolute atomic E-state index is 0.0171. The number of anilines is 1. The molecule has 21 heavy (non-hydrogen) atoms. The van der Waals surface area contributed by atoms with Crippen molar-refractivity contribution < 1.29 is 13.9 Å². The number of hydrogen-bond acceptors (Lipinski definition) is 3. The number of halogens is 1. The van der Waals surface area contributed by atoms with E-state index in [1.54, 1.807) is 31.2 Å². The van der Waals surface area contributed by atoms with Gasteiger partial charge >= 0.3 is 0 Å². The molecule has 0 unspecified atom stereocenters. The molecule has 0 aliphatic carbocycles. The number of carbonyl (C=O) groups excluding carboxylic acids is 1. The smallest absolute Gasteiger partial charge is 0.254 e. The number of amides is 1. The molecule has 3 N–H and O–H groups in total. The van der Waals surface area contributed by atoms with Crippen molar-refractivity contribution in [2.24, 2.45) is 0 Å². The van der Waals surface area contributed by atoms with E-state index in [4.69, 9.17) is 10.5 Å². The average Bonchev–Trinajstić information content (AvgIpc) is 2.45. The van der Waals surface area contributed by atoms with Gasteiger partial charge in [0, 0.05) is 17.8 Å². The van der Waals surface area contributed by atoms with E-state index in [0.29, 0.717) is 11.4 Å². The Bertz CT molecular complexity index is 671. The molecule has 0 fully saturated rings. The van der Waals surface area contributed by atoms with E-state index in [9.17, 15) is 9.18 Å². The molecule has 0 atom stereocenters. The van der Waals surface area contributed by atoms with Gasteiger partial charge in [0.2, 0.25) is 0 Å². The minimum Gasteiger partial charge on any atom is -0.496 e. The highest BCUT2D eigenvalue weighted by molar-refractivity contribution is 5.94. The van der Waals surface area contributed by atoms with Crippen molar-refractivity contribution in [3.05, 3.63) is 58.9 Å². The van der Waals surface area contributed by atoms with E-state index in [1.165, 1.54) is 19.2 Å². The summed E-state index contributed by atoms with van der Waals surface area (Å²) >= 11 is 0. The Morgan fingerprint density at radius 2 is 2.05 bits per heavy atom. The predicted molar refractivity (Wildman–Crippen MR) is 79.7 cm³/mol. The zero-order valence-electron chi connectivity index (χ0n) is 11.9. The summed E-state index contributed by atoms with van der Waals surface area (Å²) in [4.78, 5) is 12.0. The summed E-state index contributed by atoms with van der Waals surface area (Å²) in [5.41, 5.74) is 7.80. The Labute approximate surface area is 122 Å². The highest BCUT2D eigenvalue weighted by Gasteiger charge is 2.12. The largest absolute Gasteiger partial charge is 0.496 e. The van der Waals surface area contributed by atoms with Crippen molar-refractivity contribution in [1.29, 1.82) is 0 Å². The van der Waals surface area contributed by atoms with Crippen LogP contribution in [0.15, 0.2) is 36.4 Å². The Balaban J connectivity index is 2.12. The molecule has 0 spiro atoms. The zero-order chi connectivity index (χ0) is 15.4. The quantitative estimate of drug-likeness (QED) is 0.850. The molecule has 0 aliphatic rings. The van der Waals surface area contributed by atoms with Gasteiger partial charge in [-0.2, -0.15) is 0 Å². The van der Waals surface area contributed by atoms with Gasteiger partial charge in [0.05, 0.1) is 12.7 Å². The number of hydrogen-bond donors (Lipinski definition) is 2. The van der Waals surface area contributed by atoms with E-state index in [2.05, 4.69) is 5.32 Å². The van der Waals surface area contributed by atoms with Crippen molar-refractivity contribution in [3.8, 4) is 5.75 Å². The number of ether oxygens (including phenoxy) is 1. The second kappa shape index (κ2) is 6.26. The van der Waals surface area contributed by atoms with Crippen LogP contribution in [0, 0.1) is 12.7 Å². The zero-order valence-corrected chi connectivity index (χ0v) is 11.9. The molecule has 1 amide bonds. The van der Waals surface area contributed by atoms with Gasteiger partial charge in [0.25, 0.3) is 5.91 Å². The lowest BCUT2D eigenvalue weighted by molar-refractivity contribution is 0.0946. The van der Waals surface area contributed by atoms with Crippen LogP contribution in [0.1, 0.15) is 21.5 Å². The molecule has 5 heteroatoms. The second-order valence-electron chi connectivity index (χ2n) is 4.74. The van der Waals surface area contributed by atoms with Gasteiger partial charge < -0.3 is 15.8 Å². The fraction of sp³-hybridized carbons (Fsp3) is 0.188. The van der Waals surface area contributed by atoms with E-state index in [-0.39, 0.29) is 12.1 Å². The van der Waals surface area contributed by atoms with Crippen LogP contribution in [0.25, 0.3) is 0 Å². The summed E-state index contributed by atoms with van der Waals surface area (Å²) in [5.74, 6) is -0.391. The molecule has 0 saturated heterocycles. The Morgan fingerprint density at radius 1 is 1.29 bits per heavy atom. The lowest BCUT2D eigenvalue weighted by Crippen LogP contribution is -2.24. The maximum atomic E-state index is 13.7. The summed E-state index contributed by atoms with van der Waals surface area (Å²) in [7, 11) is 1.54. The van der Waals surface area contributed by atoms with Gasteiger partial charge in [-0.15, -0.1) is 0 Å². The highest BCUT2D eigenvalue weighted by atomic mass is 19.1. The third-order valence-corrected chi connectivity index (χ3v) is 3.11. The number of nitrogens with one attached hydrogen (secondary N) is 1. The summed E-state index contributed by atoms with van der Waals surface area (Å²) in [6, 6.07) is 9.64. The molecule has 110 valence electrons. The number of benzene rings is 2. The van der Waals surface area contributed by atoms with Crippen molar-refractivity contribution in [2.45, 2.75) is 13.5 Å². The van der Waals surface area contributed by atoms with Crippen molar-refractivity contribution in [2.75, 3.05) is 12.8 Å². The second-order valence-corrected chi connectivity index (χ2v) is 4.74. The molecule has 0 aliphatic heterocycles. The number of nitrogen functional groups attached to an aromatic ring is 1. The first-order valence-electron chi connectivity index (χ1n) is 6.48. The molecule has 0 radical (unpaired) electrons. The maximum Gasteiger partial charge on any atom is 0.254 e. The normalized spacial score (nSPS) is 10.2. The van der Waals surface area contributed by atoms with E-state index in [0.717, 1.165) is 11.1 Å². The summed E-state index contributed by atoms with van der Waals surface area (Å²) in [6.45, 7) is 1.97. The van der Waals surface area contributed by atoms with Gasteiger partial charge in [-0.05, 0) is 42.8 Å². The monoisotopic (exact) mass is 288 g/mol. The first-order chi connectivity index (χ1) is 10.0. The molecule has 2 aromatic carbocycles. The van der Waals surface area contributed by atoms with Crippen molar-refractivity contribution in [1.82, 2.24) is 5.32 Å². The Hall–Kier alpha value is -2.56. The first-order valence-corrected chi connectivity index (χ1v) is 6.48. The number of aryl methyl sites for hydroxylation is 1. The van der Waals surface area contributed by atoms with Crippen LogP contribution in [0.2, 0.25) is 0 Å². The van der Waals surface area contributed by atoms with E-state index >= 15 is 0 Å². The number of nitrogens with two attached hydrogens (primary N) is 1. The topological polar surface area (TPSA) is 64.3 Å². The van der Waals surface area contributed by atoms with Gasteiger partial charge in [-0.1, -0.05) is 6.07 Å². The summed E-state index contributed by atoms with van der Waals surface area (Å²) in [6.07, 6.45) is 0. The van der Waals surface area contributed by atoms with Crippen LogP contribution in [0.4, 0.5) is 10.1 Å². The van der Waals surface area contributed by atoms with Crippen LogP contribution in [0.3, 0.4) is 0 Å². The van der Waals surface area contributed by atoms with Gasteiger partial charge in [0.1, 0.15) is 11.6 Å². The number of methoxy groups -OCH3 is 1. The minimum atomic E-state index is -0.535. The molecule has 0 heterocycles. The van der Waals surface area contributed by atoms with Crippen LogP contribution in [-0.4, -0.2) is 13.0 Å². The maximum absolute atomic E-state index is 13.7. The Morgan fingerprint density at radius 3 is 2.71 bits per heavy atom. The lowest BCUT2D eigenvalue weighted by atomic mass is 10.1. The summed E-state index contributed by atoms with van der Waals surface area (Å²) < 4.78 is 18.9. The van der Waals surface area contributed by atoms with E-state index < -0.39 is 11.7 Å². The third-order valence-electron chi connectivity index (χ3n) is 3.11. The highest BCUT2D eigenvalue weighted by Crippen LogP contribution is 2.21. The van der Waals surface area contributed by atoms with Crippen molar-refractivity contribution in [3.63, 3.8) is 0 Å². The molecule has 0 bridgehead atoms. The molecule has 2 rings (SSSR count). The molecule has 0 aromatic heterocycles. The molecular weight excluding hydrogens is 271 g/mol. The van der Waals surface area contributed by atoms with Gasteiger partial charge in [-0.25, -0.2) is 4.39 Å². The standard InChI is InChI=1S/C16H17FN2O2/c1-10-3-5-13(14(17)7-10)16(20)19-9-11-8-12(18)4-6-15(11)21-2/h3-8H,9,18H2,1-2H3,(H,19,20). The lowest BCUT2D eigenvalue weighted by Gasteiger charge is -2.11. The molecule has 0 saturated carbocycles. The number of rotatable bonds is 4. The Kier molecular flexibility index (Phi) is 4.42. The van der Waals surface area contributed by atoms with Gasteiger partial charge in [0.15, 0.2) is 0 Å². The fourth-order valence-corrected chi connectivity index (χ4v) is 2.01. The van der Waals surface area contributed by atoms with Crippen LogP contribution in [-0.2, 0) is 6.54 Å². The fourth-order valence-electron chi connectivity index (χ4n) is 2.01. The van der Waals surface area contributed by atoms with Crippen LogP contribution >= 0.6 is 0 Å². The van der Waals surface area contributed by atoms with Crippen molar-refractivity contribution >= 4 is 11.6 Å². The SMILES string of the molecule is COc1ccc(N)cc1CNC(=O)c1ccc(C)cc1F. The van der Waals surface area contributed by atoms with E-state index in [1.807, 2.05) is 0 Å². The first kappa shape index (κ1) is 14.8. The average molecular weight is 288 g/mol. The predicted octanol–water partition coefficient (Wildman–Crippen LogP) is 2.65. The summed E-state index contributed by atoms with van der Waals surface area (Å²) in [5, 5.41) is 2.66. The van der Waals surface area contributed by atoms with Gasteiger partial charge in [-0.3, -0.25) is 4.79 Å². The molecule has 4 nitrogen and oxygen atoms in total. The number of carbonyl (C=O) groups is 1. The molecule has 2 aromatic rings. The third kappa shape index (κ3) is 3.51. The molecular formula is C16H17FN2O2. The van der Waals surface area contributed by atoms with Crippen LogP contribution in [0.5, 0.6) is 5.75 Å².